The van der Waals surface area contributed by atoms with Gasteiger partial charge in [0.2, 0.25) is 0 Å². The highest BCUT2D eigenvalue weighted by Gasteiger charge is 2.19. The smallest absolute Gasteiger partial charge is 0.342 e. The molecule has 1 rings (SSSR count). The maximum Gasteiger partial charge on any atom is 0.342 e. The number of ether oxygens (including phenoxy) is 1. The molecule has 0 amide bonds. The summed E-state index contributed by atoms with van der Waals surface area (Å²) in [5.41, 5.74) is -0.593. The summed E-state index contributed by atoms with van der Waals surface area (Å²) in [4.78, 5) is 10.9. The molecule has 0 aliphatic carbocycles. The van der Waals surface area contributed by atoms with Crippen LogP contribution in [0.2, 0.25) is 0 Å². The lowest BCUT2D eigenvalue weighted by atomic mass is 10.2. The van der Waals surface area contributed by atoms with E-state index in [4.69, 9.17) is 9.84 Å². The molecular weight excluding hydrogens is 275 g/mol. The fourth-order valence-corrected chi connectivity index (χ4v) is 2.12. The van der Waals surface area contributed by atoms with Gasteiger partial charge in [0.25, 0.3) is 0 Å². The van der Waals surface area contributed by atoms with Gasteiger partial charge in [-0.25, -0.2) is 17.6 Å². The molecular formula is C12H15FO5S. The molecule has 0 fully saturated rings. The highest BCUT2D eigenvalue weighted by molar-refractivity contribution is 7.91. The van der Waals surface area contributed by atoms with E-state index in [1.807, 2.05) is 0 Å². The van der Waals surface area contributed by atoms with E-state index in [2.05, 4.69) is 0 Å². The van der Waals surface area contributed by atoms with Crippen molar-refractivity contribution in [1.82, 2.24) is 0 Å². The lowest BCUT2D eigenvalue weighted by Crippen LogP contribution is -2.22. The van der Waals surface area contributed by atoms with Crippen molar-refractivity contribution in [2.45, 2.75) is 19.1 Å². The summed E-state index contributed by atoms with van der Waals surface area (Å²) in [6.07, 6.45) is 0. The molecule has 106 valence electrons. The van der Waals surface area contributed by atoms with Crippen molar-refractivity contribution in [3.05, 3.63) is 29.6 Å². The normalized spacial score (nSPS) is 11.6. The molecule has 0 bridgehead atoms. The Morgan fingerprint density at radius 1 is 1.42 bits per heavy atom. The van der Waals surface area contributed by atoms with Gasteiger partial charge in [-0.1, -0.05) is 6.07 Å². The van der Waals surface area contributed by atoms with Gasteiger partial charge in [-0.3, -0.25) is 0 Å². The molecule has 0 aliphatic rings. The first kappa shape index (κ1) is 15.4. The first-order chi connectivity index (χ1) is 8.75. The fourth-order valence-electron chi connectivity index (χ4n) is 1.34. The van der Waals surface area contributed by atoms with Crippen LogP contribution < -0.4 is 4.74 Å². The minimum absolute atomic E-state index is 0.175. The Bertz CT molecular complexity index is 565. The van der Waals surface area contributed by atoms with Gasteiger partial charge >= 0.3 is 5.97 Å². The predicted molar refractivity (Wildman–Crippen MR) is 67.8 cm³/mol. The summed E-state index contributed by atoms with van der Waals surface area (Å²) in [5, 5.41) is 8.32. The van der Waals surface area contributed by atoms with E-state index in [9.17, 15) is 17.6 Å². The molecule has 1 N–H and O–H groups in total. The molecule has 0 heterocycles. The van der Waals surface area contributed by atoms with Crippen LogP contribution in [0.15, 0.2) is 18.2 Å². The molecule has 1 aromatic carbocycles. The Morgan fingerprint density at radius 2 is 2.05 bits per heavy atom. The van der Waals surface area contributed by atoms with Crippen molar-refractivity contribution in [3.8, 4) is 5.75 Å². The molecule has 5 nitrogen and oxygen atoms in total. The first-order valence-corrected chi connectivity index (χ1v) is 7.33. The van der Waals surface area contributed by atoms with Crippen LogP contribution in [0, 0.1) is 5.82 Å². The lowest BCUT2D eigenvalue weighted by Gasteiger charge is -2.11. The molecule has 0 spiro atoms. The van der Waals surface area contributed by atoms with E-state index in [1.165, 1.54) is 12.1 Å². The van der Waals surface area contributed by atoms with Crippen molar-refractivity contribution in [2.75, 3.05) is 12.4 Å². The van der Waals surface area contributed by atoms with Crippen LogP contribution in [0.4, 0.5) is 4.39 Å². The number of sulfone groups is 1. The van der Waals surface area contributed by atoms with Gasteiger partial charge in [0.1, 0.15) is 23.7 Å². The largest absolute Gasteiger partial charge is 0.492 e. The number of rotatable bonds is 6. The summed E-state index contributed by atoms with van der Waals surface area (Å²) >= 11 is 0. The number of carboxylic acids is 1. The molecule has 1 aromatic rings. The molecule has 7 heteroatoms. The first-order valence-electron chi connectivity index (χ1n) is 5.62. The molecule has 0 unspecified atom stereocenters. The molecule has 0 radical (unpaired) electrons. The number of hydrogen-bond acceptors (Lipinski definition) is 4. The molecule has 0 atom stereocenters. The van der Waals surface area contributed by atoms with E-state index >= 15 is 0 Å². The summed E-state index contributed by atoms with van der Waals surface area (Å²) in [6.45, 7) is 2.87. The standard InChI is InChI=1S/C12H15FO5S/c1-8(2)19(16,17)7-6-18-10-5-3-4-9(13)11(10)12(14)15/h3-5,8H,6-7H2,1-2H3,(H,14,15). The van der Waals surface area contributed by atoms with Gasteiger partial charge in [-0.05, 0) is 26.0 Å². The van der Waals surface area contributed by atoms with Crippen molar-refractivity contribution < 1.29 is 27.4 Å². The van der Waals surface area contributed by atoms with Crippen molar-refractivity contribution >= 4 is 15.8 Å². The number of hydrogen-bond donors (Lipinski definition) is 1. The second-order valence-corrected chi connectivity index (χ2v) is 6.86. The van der Waals surface area contributed by atoms with Gasteiger partial charge in [0.15, 0.2) is 9.84 Å². The number of carboxylic acid groups (broad SMARTS) is 1. The van der Waals surface area contributed by atoms with Crippen LogP contribution in [0.25, 0.3) is 0 Å². The monoisotopic (exact) mass is 290 g/mol. The number of carbonyl (C=O) groups is 1. The number of benzene rings is 1. The van der Waals surface area contributed by atoms with E-state index in [0.717, 1.165) is 6.07 Å². The second kappa shape index (κ2) is 6.01. The Kier molecular flexibility index (Phi) is 4.88. The summed E-state index contributed by atoms with van der Waals surface area (Å²) in [6, 6.07) is 3.59. The zero-order valence-electron chi connectivity index (χ0n) is 10.6. The van der Waals surface area contributed by atoms with Crippen molar-refractivity contribution in [2.24, 2.45) is 0 Å². The minimum atomic E-state index is -3.28. The number of aromatic carboxylic acids is 1. The van der Waals surface area contributed by atoms with E-state index in [0.29, 0.717) is 0 Å². The van der Waals surface area contributed by atoms with Gasteiger partial charge in [-0.15, -0.1) is 0 Å². The second-order valence-electron chi connectivity index (χ2n) is 4.18. The van der Waals surface area contributed by atoms with Crippen molar-refractivity contribution in [3.63, 3.8) is 0 Å². The van der Waals surface area contributed by atoms with Crippen LogP contribution in [-0.4, -0.2) is 37.1 Å². The predicted octanol–water partition coefficient (Wildman–Crippen LogP) is 1.73. The Hall–Kier alpha value is -1.63. The zero-order valence-corrected chi connectivity index (χ0v) is 11.4. The van der Waals surface area contributed by atoms with E-state index in [-0.39, 0.29) is 18.1 Å². The lowest BCUT2D eigenvalue weighted by molar-refractivity contribution is 0.0687. The Labute approximate surface area is 110 Å². The van der Waals surface area contributed by atoms with Gasteiger partial charge in [0, 0.05) is 0 Å². The maximum atomic E-state index is 13.3. The Morgan fingerprint density at radius 3 is 2.58 bits per heavy atom. The van der Waals surface area contributed by atoms with Gasteiger partial charge in [-0.2, -0.15) is 0 Å². The van der Waals surface area contributed by atoms with E-state index in [1.54, 1.807) is 13.8 Å². The maximum absolute atomic E-state index is 13.3. The van der Waals surface area contributed by atoms with Gasteiger partial charge < -0.3 is 9.84 Å². The Balaban J connectivity index is 2.80. The fraction of sp³-hybridized carbons (Fsp3) is 0.417. The van der Waals surface area contributed by atoms with Crippen molar-refractivity contribution in [1.29, 1.82) is 0 Å². The highest BCUT2D eigenvalue weighted by atomic mass is 32.2. The van der Waals surface area contributed by atoms with Crippen LogP contribution >= 0.6 is 0 Å². The van der Waals surface area contributed by atoms with Crippen LogP contribution in [-0.2, 0) is 9.84 Å². The summed E-state index contributed by atoms with van der Waals surface area (Å²) < 4.78 is 41.4. The quantitative estimate of drug-likeness (QED) is 0.863. The van der Waals surface area contributed by atoms with Crippen LogP contribution in [0.5, 0.6) is 5.75 Å². The third kappa shape index (κ3) is 3.92. The zero-order chi connectivity index (χ0) is 14.6. The van der Waals surface area contributed by atoms with Crippen LogP contribution in [0.1, 0.15) is 24.2 Å². The molecule has 0 aliphatic heterocycles. The topological polar surface area (TPSA) is 80.7 Å². The average Bonchev–Trinajstić information content (AvgIpc) is 2.27. The third-order valence-electron chi connectivity index (χ3n) is 2.53. The average molecular weight is 290 g/mol. The molecule has 19 heavy (non-hydrogen) atoms. The van der Waals surface area contributed by atoms with Gasteiger partial charge in [0.05, 0.1) is 11.0 Å². The highest BCUT2D eigenvalue weighted by Crippen LogP contribution is 2.21. The summed E-state index contributed by atoms with van der Waals surface area (Å²) in [5.74, 6) is -2.80. The molecule has 0 aromatic heterocycles. The molecule has 0 saturated heterocycles. The molecule has 0 saturated carbocycles. The minimum Gasteiger partial charge on any atom is -0.492 e. The summed E-state index contributed by atoms with van der Waals surface area (Å²) in [7, 11) is -3.28. The third-order valence-corrected chi connectivity index (χ3v) is 4.71. The SMILES string of the molecule is CC(C)S(=O)(=O)CCOc1cccc(F)c1C(=O)O. The number of halogens is 1. The van der Waals surface area contributed by atoms with E-state index < -0.39 is 32.4 Å². The van der Waals surface area contributed by atoms with Crippen LogP contribution in [0.3, 0.4) is 0 Å².